The summed E-state index contributed by atoms with van der Waals surface area (Å²) in [5, 5.41) is 2.59. The Bertz CT molecular complexity index is 1040. The van der Waals surface area contributed by atoms with Crippen LogP contribution < -0.4 is 0 Å². The van der Waals surface area contributed by atoms with Crippen molar-refractivity contribution in [3.8, 4) is 11.1 Å². The standard InChI is InChI=1S/C24H23.2ClH.Zr/c1-4-16(2)20-14-19-9-7-11-22(23(19)15-20)24-17(3)12-13-18-8-5-6-10-21(18)24;;;/h5-16H,4H2,1-3H3;2*1H;/q;;;+2/p-2. The molecule has 0 aromatic heterocycles. The van der Waals surface area contributed by atoms with Gasteiger partial charge in [-0.1, -0.05) is 0 Å². The number of hydrogen-bond donors (Lipinski definition) is 0. The van der Waals surface area contributed by atoms with Crippen LogP contribution in [0.25, 0.3) is 28.0 Å². The third kappa shape index (κ3) is 3.37. The molecule has 137 valence electrons. The Hall–Kier alpha value is -0.877. The maximum atomic E-state index is 6.65. The molecule has 2 atom stereocenters. The number of rotatable bonds is 4. The van der Waals surface area contributed by atoms with Gasteiger partial charge in [0.1, 0.15) is 0 Å². The molecule has 0 N–H and O–H groups in total. The fraction of sp³-hybridized carbons (Fsp3) is 0.250. The third-order valence-corrected chi connectivity index (χ3v) is 11.1. The minimum atomic E-state index is -2.49. The molecule has 0 fully saturated rings. The number of benzene rings is 3. The fourth-order valence-corrected chi connectivity index (χ4v) is 9.89. The second kappa shape index (κ2) is 7.86. The van der Waals surface area contributed by atoms with E-state index in [0.29, 0.717) is 5.92 Å². The van der Waals surface area contributed by atoms with Crippen molar-refractivity contribution >= 4 is 33.9 Å². The molecular formula is C24H23Cl2Zr. The van der Waals surface area contributed by atoms with Gasteiger partial charge in [0.25, 0.3) is 0 Å². The van der Waals surface area contributed by atoms with E-state index in [2.05, 4.69) is 81.4 Å². The Morgan fingerprint density at radius 2 is 1.78 bits per heavy atom. The van der Waals surface area contributed by atoms with E-state index < -0.39 is 19.4 Å². The van der Waals surface area contributed by atoms with Crippen molar-refractivity contribution in [3.63, 3.8) is 0 Å². The first kappa shape index (κ1) is 19.4. The minimum absolute atomic E-state index is 0.274. The van der Waals surface area contributed by atoms with E-state index in [4.69, 9.17) is 17.0 Å². The molecule has 4 rings (SSSR count). The second-order valence-corrected chi connectivity index (χ2v) is 16.3. The molecule has 0 aliphatic heterocycles. The van der Waals surface area contributed by atoms with Gasteiger partial charge in [0, 0.05) is 0 Å². The van der Waals surface area contributed by atoms with Crippen molar-refractivity contribution in [2.24, 2.45) is 5.92 Å². The van der Waals surface area contributed by atoms with Crippen molar-refractivity contribution in [2.75, 3.05) is 0 Å². The normalized spacial score (nSPS) is 16.9. The van der Waals surface area contributed by atoms with E-state index in [1.165, 1.54) is 44.2 Å². The fourth-order valence-electron chi connectivity index (χ4n) is 4.29. The van der Waals surface area contributed by atoms with Crippen LogP contribution in [0.15, 0.2) is 60.2 Å². The summed E-state index contributed by atoms with van der Waals surface area (Å²) in [4.78, 5) is 0. The van der Waals surface area contributed by atoms with Crippen LogP contribution in [0.5, 0.6) is 0 Å². The molecule has 0 nitrogen and oxygen atoms in total. The van der Waals surface area contributed by atoms with E-state index in [0.717, 1.165) is 6.42 Å². The van der Waals surface area contributed by atoms with Crippen LogP contribution in [-0.4, -0.2) is 0 Å². The molecule has 1 aliphatic carbocycles. The monoisotopic (exact) mass is 471 g/mol. The summed E-state index contributed by atoms with van der Waals surface area (Å²) >= 11 is -2.49. The van der Waals surface area contributed by atoms with E-state index in [1.54, 1.807) is 0 Å². The summed E-state index contributed by atoms with van der Waals surface area (Å²) in [5.74, 6) is 0.511. The molecule has 3 aromatic rings. The molecule has 0 radical (unpaired) electrons. The predicted molar refractivity (Wildman–Crippen MR) is 116 cm³/mol. The number of allylic oxidation sites excluding steroid dienone is 1. The summed E-state index contributed by atoms with van der Waals surface area (Å²) in [6, 6.07) is 19.8. The van der Waals surface area contributed by atoms with Crippen molar-refractivity contribution in [2.45, 2.75) is 30.8 Å². The second-order valence-electron chi connectivity index (χ2n) is 7.46. The van der Waals surface area contributed by atoms with Gasteiger partial charge in [-0.05, 0) is 0 Å². The van der Waals surface area contributed by atoms with Gasteiger partial charge in [-0.3, -0.25) is 0 Å². The molecule has 0 saturated heterocycles. The van der Waals surface area contributed by atoms with Crippen LogP contribution in [0.2, 0.25) is 0 Å². The summed E-state index contributed by atoms with van der Waals surface area (Å²) in [7, 11) is 13.3. The average Bonchev–Trinajstić information content (AvgIpc) is 3.07. The zero-order valence-corrected chi connectivity index (χ0v) is 19.9. The Kier molecular flexibility index (Phi) is 5.66. The predicted octanol–water partition coefficient (Wildman–Crippen LogP) is 8.23. The van der Waals surface area contributed by atoms with Gasteiger partial charge in [0.2, 0.25) is 0 Å². The quantitative estimate of drug-likeness (QED) is 0.358. The van der Waals surface area contributed by atoms with Crippen LogP contribution in [0.1, 0.15) is 40.6 Å². The van der Waals surface area contributed by atoms with Crippen molar-refractivity contribution in [3.05, 3.63) is 76.9 Å². The van der Waals surface area contributed by atoms with Gasteiger partial charge in [-0.15, -0.1) is 0 Å². The van der Waals surface area contributed by atoms with Gasteiger partial charge < -0.3 is 0 Å². The number of halogens is 2. The molecule has 3 heteroatoms. The van der Waals surface area contributed by atoms with Crippen molar-refractivity contribution in [1.82, 2.24) is 0 Å². The molecule has 27 heavy (non-hydrogen) atoms. The van der Waals surface area contributed by atoms with E-state index >= 15 is 0 Å². The summed E-state index contributed by atoms with van der Waals surface area (Å²) < 4.78 is 0.274. The third-order valence-electron chi connectivity index (χ3n) is 5.90. The summed E-state index contributed by atoms with van der Waals surface area (Å²) in [6.07, 6.45) is 3.51. The zero-order valence-electron chi connectivity index (χ0n) is 15.9. The Morgan fingerprint density at radius 3 is 2.52 bits per heavy atom. The first-order chi connectivity index (χ1) is 13.0. The van der Waals surface area contributed by atoms with E-state index in [-0.39, 0.29) is 3.63 Å². The molecule has 2 unspecified atom stereocenters. The summed E-state index contributed by atoms with van der Waals surface area (Å²) in [5.41, 5.74) is 8.06. The van der Waals surface area contributed by atoms with Crippen LogP contribution in [-0.2, 0) is 19.4 Å². The van der Waals surface area contributed by atoms with Crippen LogP contribution in [0.4, 0.5) is 0 Å². The van der Waals surface area contributed by atoms with Crippen LogP contribution >= 0.6 is 17.0 Å². The molecule has 0 heterocycles. The summed E-state index contributed by atoms with van der Waals surface area (Å²) in [6.45, 7) is 6.75. The SMILES string of the molecule is CCC(C)C1=Cc2c(-c3c(C)ccc4ccccc34)cccc2[CH]1[Zr]([Cl])[Cl]. The molecule has 0 bridgehead atoms. The Morgan fingerprint density at radius 1 is 1.00 bits per heavy atom. The molecule has 3 aromatic carbocycles. The molecule has 0 spiro atoms. The first-order valence-electron chi connectivity index (χ1n) is 9.53. The number of aryl methyl sites for hydroxylation is 1. The molecular weight excluding hydrogens is 450 g/mol. The Labute approximate surface area is 177 Å². The van der Waals surface area contributed by atoms with Crippen LogP contribution in [0.3, 0.4) is 0 Å². The van der Waals surface area contributed by atoms with Crippen LogP contribution in [0, 0.1) is 12.8 Å². The number of fused-ring (bicyclic) bond motifs is 2. The molecule has 1 aliphatic rings. The molecule has 0 saturated carbocycles. The molecule has 0 amide bonds. The zero-order chi connectivity index (χ0) is 19.1. The van der Waals surface area contributed by atoms with Gasteiger partial charge >= 0.3 is 178 Å². The van der Waals surface area contributed by atoms with Crippen molar-refractivity contribution in [1.29, 1.82) is 0 Å². The average molecular weight is 474 g/mol. The van der Waals surface area contributed by atoms with E-state index in [9.17, 15) is 0 Å². The van der Waals surface area contributed by atoms with Crippen molar-refractivity contribution < 1.29 is 19.4 Å². The number of hydrogen-bond acceptors (Lipinski definition) is 0. The maximum absolute atomic E-state index is 6.65. The van der Waals surface area contributed by atoms with Gasteiger partial charge in [0.15, 0.2) is 0 Å². The Balaban J connectivity index is 2.00. The van der Waals surface area contributed by atoms with Gasteiger partial charge in [-0.2, -0.15) is 0 Å². The van der Waals surface area contributed by atoms with Gasteiger partial charge in [-0.25, -0.2) is 0 Å². The van der Waals surface area contributed by atoms with Gasteiger partial charge in [0.05, 0.1) is 0 Å². The topological polar surface area (TPSA) is 0 Å². The first-order valence-corrected chi connectivity index (χ1v) is 17.3. The van der Waals surface area contributed by atoms with E-state index in [1.807, 2.05) is 0 Å².